The minimum absolute atomic E-state index is 0.133. The number of nitrogens with one attached hydrogen (secondary N) is 2. The summed E-state index contributed by atoms with van der Waals surface area (Å²) in [6.45, 7) is 1.78. The standard InChI is InChI=1S/C18H21ClN4O/c1-12-20-16(18(24)23-14-5-3-2-4-6-14)11-17(21-12)22-15-9-7-13(19)8-10-15/h7-11,14H,2-6H2,1H3,(H,23,24)(H,20,21,22). The number of carbonyl (C=O) groups is 1. The fourth-order valence-electron chi connectivity index (χ4n) is 2.94. The van der Waals surface area contributed by atoms with Gasteiger partial charge in [0.25, 0.3) is 5.91 Å². The zero-order valence-corrected chi connectivity index (χ0v) is 14.4. The van der Waals surface area contributed by atoms with Crippen molar-refractivity contribution < 1.29 is 4.79 Å². The number of hydrogen-bond donors (Lipinski definition) is 2. The highest BCUT2D eigenvalue weighted by Crippen LogP contribution is 2.20. The van der Waals surface area contributed by atoms with Crippen LogP contribution in [0.2, 0.25) is 5.02 Å². The molecule has 0 unspecified atom stereocenters. The smallest absolute Gasteiger partial charge is 0.270 e. The minimum atomic E-state index is -0.133. The topological polar surface area (TPSA) is 66.9 Å². The molecule has 1 saturated carbocycles. The van der Waals surface area contributed by atoms with Crippen molar-refractivity contribution in [2.24, 2.45) is 0 Å². The maximum atomic E-state index is 12.5. The fraction of sp³-hybridized carbons (Fsp3) is 0.389. The molecule has 3 rings (SSSR count). The van der Waals surface area contributed by atoms with Crippen molar-refractivity contribution in [3.8, 4) is 0 Å². The van der Waals surface area contributed by atoms with Crippen molar-refractivity contribution in [3.05, 3.63) is 46.9 Å². The zero-order chi connectivity index (χ0) is 16.9. The third kappa shape index (κ3) is 4.45. The molecule has 2 N–H and O–H groups in total. The Bertz CT molecular complexity index is 711. The Morgan fingerprint density at radius 3 is 2.54 bits per heavy atom. The molecule has 0 atom stereocenters. The molecule has 0 bridgehead atoms. The van der Waals surface area contributed by atoms with E-state index in [-0.39, 0.29) is 11.9 Å². The molecule has 1 aliphatic rings. The van der Waals surface area contributed by atoms with Crippen LogP contribution in [0.15, 0.2) is 30.3 Å². The van der Waals surface area contributed by atoms with E-state index in [1.54, 1.807) is 25.1 Å². The Kier molecular flexibility index (Phi) is 5.30. The van der Waals surface area contributed by atoms with Crippen LogP contribution in [0.5, 0.6) is 0 Å². The first kappa shape index (κ1) is 16.7. The van der Waals surface area contributed by atoms with E-state index >= 15 is 0 Å². The molecule has 0 radical (unpaired) electrons. The maximum Gasteiger partial charge on any atom is 0.270 e. The molecule has 1 aromatic heterocycles. The summed E-state index contributed by atoms with van der Waals surface area (Å²) in [7, 11) is 0. The van der Waals surface area contributed by atoms with Gasteiger partial charge in [0.2, 0.25) is 0 Å². The third-order valence-corrected chi connectivity index (χ3v) is 4.38. The van der Waals surface area contributed by atoms with Crippen LogP contribution in [0.25, 0.3) is 0 Å². The summed E-state index contributed by atoms with van der Waals surface area (Å²) >= 11 is 5.89. The molecule has 24 heavy (non-hydrogen) atoms. The van der Waals surface area contributed by atoms with Crippen LogP contribution < -0.4 is 10.6 Å². The van der Waals surface area contributed by atoms with E-state index in [1.807, 2.05) is 12.1 Å². The largest absolute Gasteiger partial charge is 0.348 e. The summed E-state index contributed by atoms with van der Waals surface area (Å²) in [4.78, 5) is 21.1. The van der Waals surface area contributed by atoms with E-state index in [1.165, 1.54) is 19.3 Å². The minimum Gasteiger partial charge on any atom is -0.348 e. The number of nitrogens with zero attached hydrogens (tertiary/aromatic N) is 2. The van der Waals surface area contributed by atoms with Gasteiger partial charge >= 0.3 is 0 Å². The molecule has 1 aromatic carbocycles. The second-order valence-electron chi connectivity index (χ2n) is 6.13. The summed E-state index contributed by atoms with van der Waals surface area (Å²) in [5, 5.41) is 6.94. The van der Waals surface area contributed by atoms with Gasteiger partial charge in [-0.05, 0) is 44.0 Å². The van der Waals surface area contributed by atoms with Gasteiger partial charge in [-0.15, -0.1) is 0 Å². The second kappa shape index (κ2) is 7.62. The van der Waals surface area contributed by atoms with Gasteiger partial charge in [0.15, 0.2) is 0 Å². The SMILES string of the molecule is Cc1nc(Nc2ccc(Cl)cc2)cc(C(=O)NC2CCCCC2)n1. The lowest BCUT2D eigenvalue weighted by atomic mass is 9.95. The predicted molar refractivity (Wildman–Crippen MR) is 95.8 cm³/mol. The van der Waals surface area contributed by atoms with E-state index in [0.29, 0.717) is 22.4 Å². The lowest BCUT2D eigenvalue weighted by Gasteiger charge is -2.22. The van der Waals surface area contributed by atoms with E-state index < -0.39 is 0 Å². The van der Waals surface area contributed by atoms with Crippen LogP contribution in [0.3, 0.4) is 0 Å². The highest BCUT2D eigenvalue weighted by molar-refractivity contribution is 6.30. The molecule has 126 valence electrons. The second-order valence-corrected chi connectivity index (χ2v) is 6.56. The quantitative estimate of drug-likeness (QED) is 0.870. The van der Waals surface area contributed by atoms with E-state index in [4.69, 9.17) is 11.6 Å². The Morgan fingerprint density at radius 1 is 1.12 bits per heavy atom. The van der Waals surface area contributed by atoms with Crippen molar-refractivity contribution in [2.45, 2.75) is 45.1 Å². The molecule has 0 spiro atoms. The normalized spacial score (nSPS) is 15.1. The van der Waals surface area contributed by atoms with E-state index in [9.17, 15) is 4.79 Å². The molecular weight excluding hydrogens is 324 g/mol. The number of carbonyl (C=O) groups excluding carboxylic acids is 1. The van der Waals surface area contributed by atoms with Crippen LogP contribution in [-0.4, -0.2) is 21.9 Å². The number of aryl methyl sites for hydroxylation is 1. The molecule has 1 aliphatic carbocycles. The summed E-state index contributed by atoms with van der Waals surface area (Å²) < 4.78 is 0. The summed E-state index contributed by atoms with van der Waals surface area (Å²) in [5.41, 5.74) is 1.25. The number of rotatable bonds is 4. The number of amides is 1. The highest BCUT2D eigenvalue weighted by Gasteiger charge is 2.18. The lowest BCUT2D eigenvalue weighted by Crippen LogP contribution is -2.36. The number of benzene rings is 1. The van der Waals surface area contributed by atoms with Crippen LogP contribution >= 0.6 is 11.6 Å². The Morgan fingerprint density at radius 2 is 1.83 bits per heavy atom. The molecule has 0 saturated heterocycles. The molecule has 1 amide bonds. The van der Waals surface area contributed by atoms with Gasteiger partial charge in [-0.1, -0.05) is 30.9 Å². The summed E-state index contributed by atoms with van der Waals surface area (Å²) in [6.07, 6.45) is 5.71. The van der Waals surface area contributed by atoms with Crippen molar-refractivity contribution in [1.29, 1.82) is 0 Å². The first-order valence-corrected chi connectivity index (χ1v) is 8.67. The average molecular weight is 345 g/mol. The molecule has 1 fully saturated rings. The maximum absolute atomic E-state index is 12.5. The third-order valence-electron chi connectivity index (χ3n) is 4.13. The fourth-order valence-corrected chi connectivity index (χ4v) is 3.06. The number of hydrogen-bond acceptors (Lipinski definition) is 4. The van der Waals surface area contributed by atoms with Gasteiger partial charge in [-0.2, -0.15) is 0 Å². The van der Waals surface area contributed by atoms with Gasteiger partial charge in [0.05, 0.1) is 0 Å². The van der Waals surface area contributed by atoms with Crippen molar-refractivity contribution in [3.63, 3.8) is 0 Å². The van der Waals surface area contributed by atoms with Crippen LogP contribution in [0.1, 0.15) is 48.4 Å². The number of halogens is 1. The summed E-state index contributed by atoms with van der Waals surface area (Å²) in [5.74, 6) is 1.02. The van der Waals surface area contributed by atoms with Gasteiger partial charge in [-0.3, -0.25) is 4.79 Å². The van der Waals surface area contributed by atoms with Gasteiger partial charge in [0, 0.05) is 22.8 Å². The number of anilines is 2. The van der Waals surface area contributed by atoms with Gasteiger partial charge < -0.3 is 10.6 Å². The monoisotopic (exact) mass is 344 g/mol. The zero-order valence-electron chi connectivity index (χ0n) is 13.7. The molecule has 2 aromatic rings. The van der Waals surface area contributed by atoms with Crippen LogP contribution in [-0.2, 0) is 0 Å². The molecule has 6 heteroatoms. The molecular formula is C18H21ClN4O. The van der Waals surface area contributed by atoms with Crippen LogP contribution in [0, 0.1) is 6.92 Å². The Hall–Kier alpha value is -2.14. The summed E-state index contributed by atoms with van der Waals surface area (Å²) in [6, 6.07) is 9.26. The lowest BCUT2D eigenvalue weighted by molar-refractivity contribution is 0.0922. The molecule has 5 nitrogen and oxygen atoms in total. The van der Waals surface area contributed by atoms with Gasteiger partial charge in [-0.25, -0.2) is 9.97 Å². The Labute approximate surface area is 146 Å². The molecule has 1 heterocycles. The van der Waals surface area contributed by atoms with Gasteiger partial charge in [0.1, 0.15) is 17.3 Å². The van der Waals surface area contributed by atoms with Crippen molar-refractivity contribution in [1.82, 2.24) is 15.3 Å². The van der Waals surface area contributed by atoms with Crippen LogP contribution in [0.4, 0.5) is 11.5 Å². The van der Waals surface area contributed by atoms with E-state index in [0.717, 1.165) is 18.5 Å². The van der Waals surface area contributed by atoms with Crippen molar-refractivity contribution in [2.75, 3.05) is 5.32 Å². The first-order valence-electron chi connectivity index (χ1n) is 8.29. The predicted octanol–water partition coefficient (Wildman–Crippen LogP) is 4.24. The van der Waals surface area contributed by atoms with Crippen molar-refractivity contribution >= 4 is 29.0 Å². The van der Waals surface area contributed by atoms with E-state index in [2.05, 4.69) is 20.6 Å². The highest BCUT2D eigenvalue weighted by atomic mass is 35.5. The number of aromatic nitrogens is 2. The molecule has 0 aliphatic heterocycles. The average Bonchev–Trinajstić information content (AvgIpc) is 2.57. The Balaban J connectivity index is 1.72. The first-order chi connectivity index (χ1) is 11.6.